The molecule has 28 N–H and O–H groups in total. The second-order valence-corrected chi connectivity index (χ2v) is 36.2. The van der Waals surface area contributed by atoms with E-state index in [1.54, 1.807) is 113 Å². The van der Waals surface area contributed by atoms with Crippen molar-refractivity contribution in [3.8, 4) is 11.5 Å². The van der Waals surface area contributed by atoms with Crippen LogP contribution in [0.2, 0.25) is 0 Å². The predicted octanol–water partition coefficient (Wildman–Crippen LogP) is -2.56. The van der Waals surface area contributed by atoms with Gasteiger partial charge >= 0.3 is 23.9 Å². The molecular formula is C92H138N18O28. The molecule has 46 heteroatoms. The number of carboxylic acid groups (broad SMARTS) is 4. The van der Waals surface area contributed by atoms with Crippen LogP contribution in [0.15, 0.2) is 78.9 Å². The van der Waals surface area contributed by atoms with E-state index in [1.807, 2.05) is 0 Å². The van der Waals surface area contributed by atoms with Gasteiger partial charge in [0.05, 0.1) is 25.5 Å². The number of benzene rings is 3. The lowest BCUT2D eigenvalue weighted by Crippen LogP contribution is -2.61. The van der Waals surface area contributed by atoms with E-state index in [1.165, 1.54) is 55.5 Å². The van der Waals surface area contributed by atoms with Crippen LogP contribution >= 0.6 is 0 Å². The highest BCUT2D eigenvalue weighted by molar-refractivity contribution is 6.02. The number of amides is 17. The Labute approximate surface area is 799 Å². The molecule has 0 unspecified atom stereocenters. The van der Waals surface area contributed by atoms with Gasteiger partial charge in [-0.3, -0.25) is 95.9 Å². The lowest BCUT2D eigenvalue weighted by Gasteiger charge is -2.29. The maximum atomic E-state index is 14.9. The number of nitrogens with one attached hydrogen (secondary N) is 15. The number of aliphatic hydroxyl groups is 1. The molecule has 3 aromatic rings. The topological polar surface area (TPSA) is 759 Å². The Morgan fingerprint density at radius 3 is 0.928 bits per heavy atom. The van der Waals surface area contributed by atoms with E-state index >= 15 is 0 Å². The monoisotopic (exact) mass is 1940 g/mol. The van der Waals surface area contributed by atoms with E-state index in [9.17, 15) is 131 Å². The second-order valence-electron chi connectivity index (χ2n) is 36.2. The van der Waals surface area contributed by atoms with Crippen LogP contribution in [0.5, 0.6) is 11.5 Å². The van der Waals surface area contributed by atoms with E-state index in [4.69, 9.17) is 22.3 Å². The molecule has 17 atom stereocenters. The zero-order chi connectivity index (χ0) is 104. The van der Waals surface area contributed by atoms with Gasteiger partial charge in [0.1, 0.15) is 102 Å². The summed E-state index contributed by atoms with van der Waals surface area (Å²) in [6.45, 7) is 20.0. The number of primary amides is 2. The van der Waals surface area contributed by atoms with Gasteiger partial charge in [0, 0.05) is 38.5 Å². The zero-order valence-electron chi connectivity index (χ0n) is 79.9. The molecule has 0 aliphatic carbocycles. The van der Waals surface area contributed by atoms with E-state index in [0.717, 1.165) is 0 Å². The van der Waals surface area contributed by atoms with Gasteiger partial charge in [-0.05, 0) is 135 Å². The minimum atomic E-state index is -1.91. The number of hydrogen-bond acceptors (Lipinski definition) is 25. The third-order valence-corrected chi connectivity index (χ3v) is 21.6. The van der Waals surface area contributed by atoms with Gasteiger partial charge in [0.15, 0.2) is 0 Å². The van der Waals surface area contributed by atoms with Gasteiger partial charge in [-0.15, -0.1) is 0 Å². The Kier molecular flexibility index (Phi) is 50.7. The number of carbonyl (C=O) groups excluding carboxylic acids is 17. The highest BCUT2D eigenvalue weighted by Gasteiger charge is 2.41. The van der Waals surface area contributed by atoms with Crippen LogP contribution in [0.3, 0.4) is 0 Å². The minimum Gasteiger partial charge on any atom is -0.508 e. The molecule has 0 aliphatic heterocycles. The molecule has 17 amide bonds. The summed E-state index contributed by atoms with van der Waals surface area (Å²) in [7, 11) is 0. The average Bonchev–Trinajstić information content (AvgIpc) is 0.845. The number of rotatable bonds is 63. The van der Waals surface area contributed by atoms with E-state index in [0.29, 0.717) is 11.1 Å². The fourth-order valence-electron chi connectivity index (χ4n) is 14.1. The van der Waals surface area contributed by atoms with Crippen molar-refractivity contribution in [1.82, 2.24) is 79.8 Å². The van der Waals surface area contributed by atoms with E-state index in [2.05, 4.69) is 79.8 Å². The summed E-state index contributed by atoms with van der Waals surface area (Å²) < 4.78 is 0. The third kappa shape index (κ3) is 44.2. The van der Waals surface area contributed by atoms with Gasteiger partial charge in [0.2, 0.25) is 100 Å². The predicted molar refractivity (Wildman–Crippen MR) is 496 cm³/mol. The molecule has 3 aromatic carbocycles. The molecule has 0 saturated carbocycles. The lowest BCUT2D eigenvalue weighted by molar-refractivity contribution is -0.144. The zero-order valence-corrected chi connectivity index (χ0v) is 79.9. The average molecular weight is 1940 g/mol. The summed E-state index contributed by atoms with van der Waals surface area (Å²) in [6.07, 6.45) is -6.89. The highest BCUT2D eigenvalue weighted by Crippen LogP contribution is 2.20. The summed E-state index contributed by atoms with van der Waals surface area (Å²) in [6, 6.07) is -7.69. The van der Waals surface area contributed by atoms with Crippen molar-refractivity contribution in [2.75, 3.05) is 6.61 Å². The smallest absolute Gasteiger partial charge is 0.326 e. The largest absolute Gasteiger partial charge is 0.508 e. The van der Waals surface area contributed by atoms with E-state index in [-0.39, 0.29) is 86.7 Å². The molecule has 0 spiro atoms. The Hall–Kier alpha value is -14.0. The van der Waals surface area contributed by atoms with Crippen LogP contribution in [-0.4, -0.2) is 263 Å². The van der Waals surface area contributed by atoms with Gasteiger partial charge in [-0.2, -0.15) is 0 Å². The summed E-state index contributed by atoms with van der Waals surface area (Å²) in [4.78, 5) is 287. The maximum Gasteiger partial charge on any atom is 0.326 e. The Balaban J connectivity index is 1.94. The van der Waals surface area contributed by atoms with Crippen molar-refractivity contribution >= 4 is 124 Å². The third-order valence-electron chi connectivity index (χ3n) is 21.6. The quantitative estimate of drug-likeness (QED) is 0.0276. The standard InChI is InChI=1S/C92H138N18O28/c1-14-50(12)76(110-78(123)57(93)28-32-73(116)117)91(136)98-59(30-33-74(118)119)79(124)97-58(29-31-71(94)114)80(125)104-65(39-53-20-24-55(112)25-21-53)86(131)101-63(37-48(8)9)84(129)106-67(42-72(95)115)88(133)103-62(36-47(6)7)83(128)100-61(35-46(4)5)82(127)99-60(34-45(2)3)81(126)96-51(13)77(122)109-70(44-111)90(135)105-66(40-54-22-26-56(113)27-23-54)87(132)102-64(38-49(10)11)85(130)107-68(43-75(120)121)89(134)108-69(92(137)138)41-52-18-16-15-17-19-52/h15-27,45-51,57-70,76,111-113H,14,28-44,93H2,1-13H3,(H2,94,114)(H2,95,115)(H,96,126)(H,97,124)(H,98,136)(H,99,127)(H,100,128)(H,101,131)(H,102,132)(H,103,133)(H,104,125)(H,105,135)(H,106,129)(H,107,130)(H,108,134)(H,109,122)(H,110,123)(H,116,117)(H,118,119)(H,120,121)(H,137,138)/t50-,51-,57-,58-,59-,60-,61-,62-,63-,64-,65-,66-,67-,68-,69-,70-,76-/m0/s1. The van der Waals surface area contributed by atoms with Crippen molar-refractivity contribution < 1.29 is 136 Å². The van der Waals surface area contributed by atoms with Crippen LogP contribution in [0, 0.1) is 35.5 Å². The number of aliphatic hydroxyl groups excluding tert-OH is 1. The van der Waals surface area contributed by atoms with Crippen molar-refractivity contribution in [2.24, 2.45) is 52.7 Å². The number of aliphatic carboxylic acids is 4. The molecule has 3 rings (SSSR count). The number of aromatic hydroxyl groups is 2. The number of phenolic OH excluding ortho intramolecular Hbond substituents is 2. The molecule has 0 radical (unpaired) electrons. The first kappa shape index (κ1) is 118. The molecule has 0 aliphatic rings. The summed E-state index contributed by atoms with van der Waals surface area (Å²) in [5.41, 5.74) is 18.2. The Bertz CT molecular complexity index is 4670. The van der Waals surface area contributed by atoms with Gasteiger partial charge in [-0.25, -0.2) is 4.79 Å². The van der Waals surface area contributed by atoms with Gasteiger partial charge in [-0.1, -0.05) is 144 Å². The number of hydrogen-bond donors (Lipinski definition) is 25. The number of phenols is 2. The van der Waals surface area contributed by atoms with Crippen LogP contribution in [0.4, 0.5) is 0 Å². The van der Waals surface area contributed by atoms with Crippen molar-refractivity contribution in [3.63, 3.8) is 0 Å². The summed E-state index contributed by atoms with van der Waals surface area (Å²) in [5.74, 6) is -27.2. The van der Waals surface area contributed by atoms with Gasteiger partial charge in [0.25, 0.3) is 0 Å². The van der Waals surface area contributed by atoms with Crippen molar-refractivity contribution in [3.05, 3.63) is 95.6 Å². The van der Waals surface area contributed by atoms with Crippen LogP contribution in [-0.2, 0) is 120 Å². The number of carboxylic acids is 4. The molecule has 0 saturated heterocycles. The van der Waals surface area contributed by atoms with Crippen molar-refractivity contribution in [1.29, 1.82) is 0 Å². The normalized spacial score (nSPS) is 15.0. The molecule has 138 heavy (non-hydrogen) atoms. The van der Waals surface area contributed by atoms with Crippen molar-refractivity contribution in [2.45, 2.75) is 296 Å². The lowest BCUT2D eigenvalue weighted by atomic mass is 9.96. The minimum absolute atomic E-state index is 0.101. The molecule has 0 heterocycles. The second kappa shape index (κ2) is 59.1. The first-order valence-electron chi connectivity index (χ1n) is 45.6. The maximum absolute atomic E-state index is 14.9. The first-order valence-corrected chi connectivity index (χ1v) is 45.6. The number of nitrogens with two attached hydrogens (primary N) is 3. The SMILES string of the molecule is CC[C@H](C)[C@H](NC(=O)[C@@H](N)CCC(=O)O)C(=O)N[C@@H](CCC(=O)O)C(=O)N[C@@H](CCC(N)=O)C(=O)N[C@@H](Cc1ccc(O)cc1)C(=O)N[C@@H](CC(C)C)C(=O)N[C@@H](CC(N)=O)C(=O)N[C@@H](CC(C)C)C(=O)N[C@@H](CC(C)C)C(=O)N[C@@H](CC(C)C)C(=O)N[C@@H](C)C(=O)N[C@@H](CO)C(=O)N[C@@H](Cc1ccc(O)cc1)C(=O)N[C@@H](CC(C)C)C(=O)N[C@@H](CC(=O)O)C(=O)N[C@@H](Cc1ccccc1)C(=O)O. The molecule has 764 valence electrons. The number of carbonyl (C=O) groups is 21. The molecule has 0 fully saturated rings. The molecular weight excluding hydrogens is 1810 g/mol. The molecule has 0 bridgehead atoms. The summed E-state index contributed by atoms with van der Waals surface area (Å²) in [5, 5.41) is 106. The van der Waals surface area contributed by atoms with E-state index < -0.39 is 303 Å². The fourth-order valence-corrected chi connectivity index (χ4v) is 14.1. The molecule has 46 nitrogen and oxygen atoms in total. The summed E-state index contributed by atoms with van der Waals surface area (Å²) >= 11 is 0. The Morgan fingerprint density at radius 1 is 0.290 bits per heavy atom. The van der Waals surface area contributed by atoms with Crippen LogP contribution in [0.1, 0.15) is 197 Å². The fraction of sp³-hybridized carbons (Fsp3) is 0.576. The van der Waals surface area contributed by atoms with Crippen LogP contribution in [0.25, 0.3) is 0 Å². The highest BCUT2D eigenvalue weighted by atomic mass is 16.4. The molecule has 0 aromatic heterocycles. The van der Waals surface area contributed by atoms with Crippen LogP contribution < -0.4 is 97.0 Å². The first-order chi connectivity index (χ1) is 64.6. The Morgan fingerprint density at radius 2 is 0.580 bits per heavy atom. The van der Waals surface area contributed by atoms with Gasteiger partial charge < -0.3 is 133 Å².